The Morgan fingerprint density at radius 1 is 0.972 bits per heavy atom. The van der Waals surface area contributed by atoms with E-state index in [1.807, 2.05) is 0 Å². The molecule has 4 amide bonds. The van der Waals surface area contributed by atoms with Crippen molar-refractivity contribution in [1.82, 2.24) is 15.5 Å². The average molecular weight is 503 g/mol. The standard InChI is InChI=1S/C24H38N8O4/c25-13-5-4-10-18(23(36)32-15-7-12-19(32)20(26)33)31-22(35)17(11-6-14-29-24(27)28)30-21(34)16-8-2-1-3-9-16/h1-3,8-9,17-19H,4-7,10-15,25H2,(H2,26,33)(H,30,34)(H,31,35)(H4,27,28,29)/t17-,18-,19-/m0/s1. The van der Waals surface area contributed by atoms with Gasteiger partial charge < -0.3 is 38.5 Å². The number of amides is 4. The van der Waals surface area contributed by atoms with Gasteiger partial charge in [0.05, 0.1) is 0 Å². The van der Waals surface area contributed by atoms with Crippen LogP contribution in [0, 0.1) is 0 Å². The molecule has 12 nitrogen and oxygen atoms in total. The summed E-state index contributed by atoms with van der Waals surface area (Å²) in [5, 5.41) is 5.54. The molecule has 10 N–H and O–H groups in total. The number of benzene rings is 1. The maximum Gasteiger partial charge on any atom is 0.251 e. The summed E-state index contributed by atoms with van der Waals surface area (Å²) in [6, 6.07) is 6.01. The van der Waals surface area contributed by atoms with Crippen LogP contribution < -0.4 is 33.6 Å². The Labute approximate surface area is 211 Å². The number of unbranched alkanes of at least 4 members (excludes halogenated alkanes) is 1. The van der Waals surface area contributed by atoms with Gasteiger partial charge in [0, 0.05) is 18.7 Å². The van der Waals surface area contributed by atoms with Gasteiger partial charge in [0.1, 0.15) is 18.1 Å². The molecule has 1 saturated heterocycles. The molecule has 0 radical (unpaired) electrons. The topological polar surface area (TPSA) is 212 Å². The largest absolute Gasteiger partial charge is 0.370 e. The molecule has 1 aliphatic heterocycles. The fraction of sp³-hybridized carbons (Fsp3) is 0.542. The van der Waals surface area contributed by atoms with Crippen molar-refractivity contribution in [1.29, 1.82) is 0 Å². The third-order valence-electron chi connectivity index (χ3n) is 6.03. The second-order valence-electron chi connectivity index (χ2n) is 8.78. The molecule has 1 heterocycles. The predicted octanol–water partition coefficient (Wildman–Crippen LogP) is -1.07. The third-order valence-corrected chi connectivity index (χ3v) is 6.03. The molecule has 2 rings (SSSR count). The van der Waals surface area contributed by atoms with E-state index in [1.54, 1.807) is 30.3 Å². The van der Waals surface area contributed by atoms with Gasteiger partial charge in [0.25, 0.3) is 5.91 Å². The lowest BCUT2D eigenvalue weighted by Gasteiger charge is -2.29. The van der Waals surface area contributed by atoms with Crippen molar-refractivity contribution in [3.8, 4) is 0 Å². The highest BCUT2D eigenvalue weighted by Gasteiger charge is 2.37. The van der Waals surface area contributed by atoms with Gasteiger partial charge in [-0.2, -0.15) is 0 Å². The van der Waals surface area contributed by atoms with Crippen molar-refractivity contribution < 1.29 is 19.2 Å². The minimum absolute atomic E-state index is 0.0653. The summed E-state index contributed by atoms with van der Waals surface area (Å²) < 4.78 is 0. The van der Waals surface area contributed by atoms with E-state index in [-0.39, 0.29) is 24.8 Å². The minimum Gasteiger partial charge on any atom is -0.370 e. The summed E-state index contributed by atoms with van der Waals surface area (Å²) in [6.07, 6.45) is 3.44. The van der Waals surface area contributed by atoms with Crippen LogP contribution >= 0.6 is 0 Å². The van der Waals surface area contributed by atoms with E-state index in [4.69, 9.17) is 22.9 Å². The van der Waals surface area contributed by atoms with Crippen LogP contribution in [0.2, 0.25) is 0 Å². The van der Waals surface area contributed by atoms with Gasteiger partial charge in [-0.25, -0.2) is 0 Å². The van der Waals surface area contributed by atoms with E-state index in [1.165, 1.54) is 4.90 Å². The SMILES string of the molecule is NCCCC[C@H](NC(=O)[C@H](CCCN=C(N)N)NC(=O)c1ccccc1)C(=O)N1CCC[C@H]1C(N)=O. The number of nitrogens with zero attached hydrogens (tertiary/aromatic N) is 2. The lowest BCUT2D eigenvalue weighted by atomic mass is 10.0. The lowest BCUT2D eigenvalue weighted by Crippen LogP contribution is -2.56. The maximum absolute atomic E-state index is 13.3. The average Bonchev–Trinajstić information content (AvgIpc) is 3.35. The fourth-order valence-corrected chi connectivity index (χ4v) is 4.15. The van der Waals surface area contributed by atoms with E-state index in [0.717, 1.165) is 0 Å². The maximum atomic E-state index is 13.3. The van der Waals surface area contributed by atoms with Crippen LogP contribution in [0.3, 0.4) is 0 Å². The number of carbonyl (C=O) groups excluding carboxylic acids is 4. The Kier molecular flexibility index (Phi) is 11.6. The lowest BCUT2D eigenvalue weighted by molar-refractivity contribution is -0.141. The van der Waals surface area contributed by atoms with Gasteiger partial charge in [-0.15, -0.1) is 0 Å². The number of aliphatic imine (C=N–C) groups is 1. The van der Waals surface area contributed by atoms with Crippen LogP contribution in [0.4, 0.5) is 0 Å². The number of primary amides is 1. The second kappa shape index (κ2) is 14.7. The summed E-state index contributed by atoms with van der Waals surface area (Å²) in [5.41, 5.74) is 22.2. The zero-order chi connectivity index (χ0) is 26.5. The molecule has 12 heteroatoms. The first-order chi connectivity index (χ1) is 17.2. The predicted molar refractivity (Wildman–Crippen MR) is 136 cm³/mol. The Hall–Kier alpha value is -3.67. The molecular weight excluding hydrogens is 464 g/mol. The highest BCUT2D eigenvalue weighted by atomic mass is 16.2. The van der Waals surface area contributed by atoms with Gasteiger partial charge in [-0.3, -0.25) is 24.2 Å². The van der Waals surface area contributed by atoms with Crippen LogP contribution in [0.1, 0.15) is 55.3 Å². The van der Waals surface area contributed by atoms with Crippen LogP contribution in [-0.2, 0) is 14.4 Å². The summed E-state index contributed by atoms with van der Waals surface area (Å²) in [4.78, 5) is 56.6. The zero-order valence-corrected chi connectivity index (χ0v) is 20.5. The first-order valence-corrected chi connectivity index (χ1v) is 12.3. The first kappa shape index (κ1) is 28.6. The van der Waals surface area contributed by atoms with Crippen molar-refractivity contribution in [2.75, 3.05) is 19.6 Å². The summed E-state index contributed by atoms with van der Waals surface area (Å²) >= 11 is 0. The van der Waals surface area contributed by atoms with Crippen molar-refractivity contribution in [3.63, 3.8) is 0 Å². The quantitative estimate of drug-likeness (QED) is 0.105. The van der Waals surface area contributed by atoms with Gasteiger partial charge in [0.15, 0.2) is 5.96 Å². The monoisotopic (exact) mass is 502 g/mol. The first-order valence-electron chi connectivity index (χ1n) is 12.3. The highest BCUT2D eigenvalue weighted by Crippen LogP contribution is 2.19. The Morgan fingerprint density at radius 2 is 1.67 bits per heavy atom. The molecule has 3 atom stereocenters. The number of carbonyl (C=O) groups is 4. The van der Waals surface area contributed by atoms with E-state index >= 15 is 0 Å². The molecule has 0 spiro atoms. The van der Waals surface area contributed by atoms with Gasteiger partial charge in [-0.1, -0.05) is 18.2 Å². The van der Waals surface area contributed by atoms with E-state index in [9.17, 15) is 19.2 Å². The second-order valence-corrected chi connectivity index (χ2v) is 8.78. The number of likely N-dealkylation sites (tertiary alicyclic amines) is 1. The van der Waals surface area contributed by atoms with Crippen molar-refractivity contribution in [2.45, 2.75) is 63.1 Å². The van der Waals surface area contributed by atoms with Crippen LogP contribution in [-0.4, -0.2) is 72.2 Å². The number of hydrogen-bond acceptors (Lipinski definition) is 6. The van der Waals surface area contributed by atoms with Gasteiger partial charge >= 0.3 is 0 Å². The van der Waals surface area contributed by atoms with Gasteiger partial charge in [0.2, 0.25) is 17.7 Å². The van der Waals surface area contributed by atoms with Crippen molar-refractivity contribution in [3.05, 3.63) is 35.9 Å². The fourth-order valence-electron chi connectivity index (χ4n) is 4.15. The molecule has 0 saturated carbocycles. The normalized spacial score (nSPS) is 16.6. The molecule has 1 fully saturated rings. The van der Waals surface area contributed by atoms with Crippen LogP contribution in [0.5, 0.6) is 0 Å². The molecule has 198 valence electrons. The van der Waals surface area contributed by atoms with E-state index in [0.29, 0.717) is 57.2 Å². The van der Waals surface area contributed by atoms with E-state index in [2.05, 4.69) is 15.6 Å². The van der Waals surface area contributed by atoms with Crippen molar-refractivity contribution in [2.24, 2.45) is 27.9 Å². The van der Waals surface area contributed by atoms with Crippen LogP contribution in [0.25, 0.3) is 0 Å². The summed E-state index contributed by atoms with van der Waals surface area (Å²) in [7, 11) is 0. The zero-order valence-electron chi connectivity index (χ0n) is 20.5. The molecule has 36 heavy (non-hydrogen) atoms. The number of rotatable bonds is 14. The Bertz CT molecular complexity index is 920. The van der Waals surface area contributed by atoms with E-state index < -0.39 is 35.8 Å². The number of nitrogens with two attached hydrogens (primary N) is 4. The highest BCUT2D eigenvalue weighted by molar-refractivity contribution is 5.98. The Morgan fingerprint density at radius 3 is 2.31 bits per heavy atom. The number of guanidine groups is 1. The molecule has 0 aliphatic carbocycles. The molecule has 1 aromatic rings. The molecular formula is C24H38N8O4. The molecule has 1 aromatic carbocycles. The molecule has 1 aliphatic rings. The Balaban J connectivity index is 2.17. The smallest absolute Gasteiger partial charge is 0.251 e. The van der Waals surface area contributed by atoms with Crippen LogP contribution in [0.15, 0.2) is 35.3 Å². The number of hydrogen-bond donors (Lipinski definition) is 6. The molecule has 0 aromatic heterocycles. The third kappa shape index (κ3) is 8.84. The van der Waals surface area contributed by atoms with Gasteiger partial charge in [-0.05, 0) is 63.6 Å². The van der Waals surface area contributed by atoms with Crippen molar-refractivity contribution >= 4 is 29.6 Å². The molecule has 0 unspecified atom stereocenters. The summed E-state index contributed by atoms with van der Waals surface area (Å²) in [6.45, 7) is 1.12. The molecule has 0 bridgehead atoms. The minimum atomic E-state index is -0.928. The number of nitrogens with one attached hydrogen (secondary N) is 2. The summed E-state index contributed by atoms with van der Waals surface area (Å²) in [5.74, 6) is -1.93.